The van der Waals surface area contributed by atoms with Crippen molar-refractivity contribution in [1.29, 1.82) is 0 Å². The first-order valence-electron chi connectivity index (χ1n) is 3.98. The SMILES string of the molecule is COCn1ccnc1CC(C)N. The average Bonchev–Trinajstić information content (AvgIpc) is 2.37. The second kappa shape index (κ2) is 4.23. The van der Waals surface area contributed by atoms with E-state index in [9.17, 15) is 0 Å². The summed E-state index contributed by atoms with van der Waals surface area (Å²) in [4.78, 5) is 4.18. The van der Waals surface area contributed by atoms with E-state index in [1.54, 1.807) is 13.3 Å². The van der Waals surface area contributed by atoms with Gasteiger partial charge in [-0.05, 0) is 6.92 Å². The summed E-state index contributed by atoms with van der Waals surface area (Å²) >= 11 is 0. The van der Waals surface area contributed by atoms with E-state index < -0.39 is 0 Å². The number of nitrogens with zero attached hydrogens (tertiary/aromatic N) is 2. The van der Waals surface area contributed by atoms with Gasteiger partial charge in [-0.1, -0.05) is 0 Å². The standard InChI is InChI=1S/C8H15N3O/c1-7(9)5-8-10-3-4-11(8)6-12-2/h3-4,7H,5-6,9H2,1-2H3. The summed E-state index contributed by atoms with van der Waals surface area (Å²) in [7, 11) is 1.66. The maximum atomic E-state index is 5.65. The minimum atomic E-state index is 0.142. The third-order valence-electron chi connectivity index (χ3n) is 1.57. The summed E-state index contributed by atoms with van der Waals surface area (Å²) in [5, 5.41) is 0. The first-order valence-corrected chi connectivity index (χ1v) is 3.98. The van der Waals surface area contributed by atoms with Gasteiger partial charge in [-0.2, -0.15) is 0 Å². The van der Waals surface area contributed by atoms with Crippen LogP contribution in [-0.2, 0) is 17.9 Å². The maximum Gasteiger partial charge on any atom is 0.123 e. The molecule has 0 fully saturated rings. The molecule has 1 atom stereocenters. The fraction of sp³-hybridized carbons (Fsp3) is 0.625. The summed E-state index contributed by atoms with van der Waals surface area (Å²) < 4.78 is 6.94. The van der Waals surface area contributed by atoms with E-state index in [0.717, 1.165) is 12.2 Å². The zero-order valence-electron chi connectivity index (χ0n) is 7.53. The van der Waals surface area contributed by atoms with Crippen LogP contribution in [0, 0.1) is 0 Å². The fourth-order valence-electron chi connectivity index (χ4n) is 1.07. The number of ether oxygens (including phenoxy) is 1. The van der Waals surface area contributed by atoms with Crippen molar-refractivity contribution in [1.82, 2.24) is 9.55 Å². The highest BCUT2D eigenvalue weighted by molar-refractivity contribution is 4.93. The van der Waals surface area contributed by atoms with Crippen LogP contribution in [0.5, 0.6) is 0 Å². The number of nitrogens with two attached hydrogens (primary N) is 1. The van der Waals surface area contributed by atoms with Gasteiger partial charge in [0.15, 0.2) is 0 Å². The number of imidazole rings is 1. The van der Waals surface area contributed by atoms with E-state index in [1.807, 2.05) is 17.7 Å². The van der Waals surface area contributed by atoms with Gasteiger partial charge in [-0.3, -0.25) is 0 Å². The highest BCUT2D eigenvalue weighted by Gasteiger charge is 2.04. The van der Waals surface area contributed by atoms with E-state index in [4.69, 9.17) is 10.5 Å². The molecule has 0 aliphatic carbocycles. The summed E-state index contributed by atoms with van der Waals surface area (Å²) in [5.41, 5.74) is 5.65. The molecule has 0 aliphatic rings. The van der Waals surface area contributed by atoms with Gasteiger partial charge in [0, 0.05) is 32.0 Å². The van der Waals surface area contributed by atoms with Crippen molar-refractivity contribution in [2.75, 3.05) is 7.11 Å². The Kier molecular flexibility index (Phi) is 3.25. The zero-order valence-corrected chi connectivity index (χ0v) is 7.53. The first kappa shape index (κ1) is 9.22. The second-order valence-electron chi connectivity index (χ2n) is 2.91. The molecule has 1 aromatic heterocycles. The Morgan fingerprint density at radius 3 is 3.08 bits per heavy atom. The molecule has 0 radical (unpaired) electrons. The van der Waals surface area contributed by atoms with E-state index in [1.165, 1.54) is 0 Å². The van der Waals surface area contributed by atoms with Crippen LogP contribution in [0.3, 0.4) is 0 Å². The van der Waals surface area contributed by atoms with Gasteiger partial charge in [0.2, 0.25) is 0 Å². The number of methoxy groups -OCH3 is 1. The lowest BCUT2D eigenvalue weighted by Gasteiger charge is -2.07. The van der Waals surface area contributed by atoms with Crippen molar-refractivity contribution in [3.63, 3.8) is 0 Å². The first-order chi connectivity index (χ1) is 5.74. The minimum Gasteiger partial charge on any atom is -0.364 e. The normalized spacial score (nSPS) is 13.2. The van der Waals surface area contributed by atoms with E-state index >= 15 is 0 Å². The van der Waals surface area contributed by atoms with Crippen LogP contribution >= 0.6 is 0 Å². The van der Waals surface area contributed by atoms with Gasteiger partial charge in [0.05, 0.1) is 0 Å². The van der Waals surface area contributed by atoms with Gasteiger partial charge < -0.3 is 15.0 Å². The maximum absolute atomic E-state index is 5.65. The molecule has 1 unspecified atom stereocenters. The van der Waals surface area contributed by atoms with Crippen LogP contribution in [0.25, 0.3) is 0 Å². The lowest BCUT2D eigenvalue weighted by atomic mass is 10.2. The molecule has 12 heavy (non-hydrogen) atoms. The van der Waals surface area contributed by atoms with Crippen molar-refractivity contribution in [3.8, 4) is 0 Å². The smallest absolute Gasteiger partial charge is 0.123 e. The van der Waals surface area contributed by atoms with Crippen LogP contribution in [0.15, 0.2) is 12.4 Å². The molecular formula is C8H15N3O. The van der Waals surface area contributed by atoms with Gasteiger partial charge in [0.1, 0.15) is 12.6 Å². The molecule has 0 saturated heterocycles. The third-order valence-corrected chi connectivity index (χ3v) is 1.57. The quantitative estimate of drug-likeness (QED) is 0.708. The summed E-state index contributed by atoms with van der Waals surface area (Å²) in [6, 6.07) is 0.142. The highest BCUT2D eigenvalue weighted by Crippen LogP contribution is 2.00. The van der Waals surface area contributed by atoms with Gasteiger partial charge >= 0.3 is 0 Å². The number of hydrogen-bond donors (Lipinski definition) is 1. The van der Waals surface area contributed by atoms with Crippen LogP contribution < -0.4 is 5.73 Å². The highest BCUT2D eigenvalue weighted by atomic mass is 16.5. The number of aromatic nitrogens is 2. The van der Waals surface area contributed by atoms with Crippen LogP contribution in [0.4, 0.5) is 0 Å². The Hall–Kier alpha value is -0.870. The molecule has 1 heterocycles. The van der Waals surface area contributed by atoms with E-state index in [2.05, 4.69) is 4.98 Å². The largest absolute Gasteiger partial charge is 0.364 e. The molecule has 0 aliphatic heterocycles. The minimum absolute atomic E-state index is 0.142. The Morgan fingerprint density at radius 2 is 2.50 bits per heavy atom. The molecule has 1 rings (SSSR count). The summed E-state index contributed by atoms with van der Waals surface area (Å²) in [5.74, 6) is 0.979. The Morgan fingerprint density at radius 1 is 1.75 bits per heavy atom. The lowest BCUT2D eigenvalue weighted by molar-refractivity contribution is 0.128. The zero-order chi connectivity index (χ0) is 8.97. The Bertz CT molecular complexity index is 232. The van der Waals surface area contributed by atoms with Crippen molar-refractivity contribution in [2.24, 2.45) is 5.73 Å². The Balaban J connectivity index is 2.63. The molecule has 1 aromatic rings. The molecule has 4 nitrogen and oxygen atoms in total. The van der Waals surface area contributed by atoms with Crippen LogP contribution in [0.2, 0.25) is 0 Å². The summed E-state index contributed by atoms with van der Waals surface area (Å²) in [6.45, 7) is 2.51. The molecular weight excluding hydrogens is 154 g/mol. The van der Waals surface area contributed by atoms with E-state index in [0.29, 0.717) is 6.73 Å². The second-order valence-corrected chi connectivity index (χ2v) is 2.91. The van der Waals surface area contributed by atoms with Gasteiger partial charge in [-0.15, -0.1) is 0 Å². The monoisotopic (exact) mass is 169 g/mol. The molecule has 0 saturated carbocycles. The average molecular weight is 169 g/mol. The van der Waals surface area contributed by atoms with Crippen LogP contribution in [0.1, 0.15) is 12.7 Å². The predicted molar refractivity (Wildman–Crippen MR) is 46.6 cm³/mol. The van der Waals surface area contributed by atoms with Crippen molar-refractivity contribution in [3.05, 3.63) is 18.2 Å². The van der Waals surface area contributed by atoms with Crippen molar-refractivity contribution >= 4 is 0 Å². The number of rotatable bonds is 4. The third kappa shape index (κ3) is 2.32. The van der Waals surface area contributed by atoms with Gasteiger partial charge in [0.25, 0.3) is 0 Å². The molecule has 0 amide bonds. The molecule has 4 heteroatoms. The number of hydrogen-bond acceptors (Lipinski definition) is 3. The predicted octanol–water partition coefficient (Wildman–Crippen LogP) is 0.377. The molecule has 68 valence electrons. The van der Waals surface area contributed by atoms with Gasteiger partial charge in [-0.25, -0.2) is 4.98 Å². The fourth-order valence-corrected chi connectivity index (χ4v) is 1.07. The molecule has 0 aromatic carbocycles. The lowest BCUT2D eigenvalue weighted by Crippen LogP contribution is -2.20. The molecule has 0 bridgehead atoms. The molecule has 0 spiro atoms. The van der Waals surface area contributed by atoms with Crippen molar-refractivity contribution < 1.29 is 4.74 Å². The summed E-state index contributed by atoms with van der Waals surface area (Å²) in [6.07, 6.45) is 4.44. The Labute approximate surface area is 72.3 Å². The molecule has 2 N–H and O–H groups in total. The van der Waals surface area contributed by atoms with E-state index in [-0.39, 0.29) is 6.04 Å². The topological polar surface area (TPSA) is 53.1 Å². The van der Waals surface area contributed by atoms with Crippen LogP contribution in [-0.4, -0.2) is 22.7 Å². The van der Waals surface area contributed by atoms with Crippen molar-refractivity contribution in [2.45, 2.75) is 26.1 Å².